The first-order valence-electron chi connectivity index (χ1n) is 9.98. The van der Waals surface area contributed by atoms with Crippen LogP contribution in [-0.4, -0.2) is 69.1 Å². The summed E-state index contributed by atoms with van der Waals surface area (Å²) in [7, 11) is 1.50. The predicted octanol–water partition coefficient (Wildman–Crippen LogP) is 1.13. The molecule has 1 amide bonds. The topological polar surface area (TPSA) is 119 Å². The minimum Gasteiger partial charge on any atom is -0.493 e. The number of fused-ring (bicyclic) bond motifs is 1. The van der Waals surface area contributed by atoms with Gasteiger partial charge in [-0.15, -0.1) is 10.2 Å². The molecule has 3 aromatic heterocycles. The number of nitrogens with zero attached hydrogens (tertiary/aromatic N) is 7. The van der Waals surface area contributed by atoms with Gasteiger partial charge in [-0.3, -0.25) is 4.79 Å². The second-order valence-electron chi connectivity index (χ2n) is 7.20. The van der Waals surface area contributed by atoms with Gasteiger partial charge in [-0.1, -0.05) is 12.1 Å². The van der Waals surface area contributed by atoms with Gasteiger partial charge in [0.25, 0.3) is 5.91 Å². The minimum absolute atomic E-state index is 0.0104. The van der Waals surface area contributed by atoms with Crippen LogP contribution in [0.3, 0.4) is 0 Å². The Kier molecular flexibility index (Phi) is 4.98. The Hall–Kier alpha value is -4.28. The summed E-state index contributed by atoms with van der Waals surface area (Å²) in [6, 6.07) is 10.5. The molecule has 4 aromatic rings. The van der Waals surface area contributed by atoms with Gasteiger partial charge in [-0.2, -0.15) is 5.10 Å². The van der Waals surface area contributed by atoms with Crippen molar-refractivity contribution in [3.63, 3.8) is 0 Å². The van der Waals surface area contributed by atoms with Crippen LogP contribution in [0.1, 0.15) is 10.4 Å². The number of benzene rings is 1. The highest BCUT2D eigenvalue weighted by Crippen LogP contribution is 2.25. The maximum atomic E-state index is 13.0. The van der Waals surface area contributed by atoms with Gasteiger partial charge in [0.2, 0.25) is 0 Å². The van der Waals surface area contributed by atoms with E-state index in [2.05, 4.69) is 20.3 Å². The molecule has 0 unspecified atom stereocenters. The molecule has 0 aliphatic carbocycles. The van der Waals surface area contributed by atoms with Crippen molar-refractivity contribution in [2.24, 2.45) is 0 Å². The van der Waals surface area contributed by atoms with E-state index in [1.165, 1.54) is 18.1 Å². The van der Waals surface area contributed by atoms with E-state index >= 15 is 0 Å². The van der Waals surface area contributed by atoms with E-state index in [0.717, 1.165) is 0 Å². The number of para-hydroxylation sites is 1. The van der Waals surface area contributed by atoms with Gasteiger partial charge in [0, 0.05) is 31.6 Å². The van der Waals surface area contributed by atoms with Crippen molar-refractivity contribution >= 4 is 22.7 Å². The number of amides is 1. The van der Waals surface area contributed by atoms with E-state index in [1.807, 2.05) is 17.0 Å². The van der Waals surface area contributed by atoms with Crippen LogP contribution in [0.5, 0.6) is 5.75 Å². The standard InChI is InChI=1S/C21H19N7O4/c1-31-16-4-2-3-14-11-15(21(30)32-19(14)16)20(29)27-9-7-26(8-10-27)17-5-6-18(25-24-17)28-13-22-12-23-28/h2-6,11-13H,7-10H2,1H3. The molecule has 0 spiro atoms. The molecular weight excluding hydrogens is 414 g/mol. The third-order valence-corrected chi connectivity index (χ3v) is 5.35. The summed E-state index contributed by atoms with van der Waals surface area (Å²) >= 11 is 0. The fourth-order valence-corrected chi connectivity index (χ4v) is 3.67. The molecular formula is C21H19N7O4. The van der Waals surface area contributed by atoms with Crippen LogP contribution in [0.25, 0.3) is 16.8 Å². The van der Waals surface area contributed by atoms with Crippen molar-refractivity contribution in [1.29, 1.82) is 0 Å². The van der Waals surface area contributed by atoms with Crippen LogP contribution in [0, 0.1) is 0 Å². The number of piperazine rings is 1. The maximum Gasteiger partial charge on any atom is 0.349 e. The Labute approximate surface area is 181 Å². The Morgan fingerprint density at radius 1 is 1.06 bits per heavy atom. The van der Waals surface area contributed by atoms with E-state index in [0.29, 0.717) is 54.5 Å². The lowest BCUT2D eigenvalue weighted by molar-refractivity contribution is 0.0742. The fourth-order valence-electron chi connectivity index (χ4n) is 3.67. The van der Waals surface area contributed by atoms with E-state index < -0.39 is 5.63 Å². The third kappa shape index (κ3) is 3.53. The zero-order valence-electron chi connectivity index (χ0n) is 17.2. The fraction of sp³-hybridized carbons (Fsp3) is 0.238. The molecule has 0 radical (unpaired) electrons. The van der Waals surface area contributed by atoms with Crippen molar-refractivity contribution in [3.8, 4) is 11.6 Å². The summed E-state index contributed by atoms with van der Waals surface area (Å²) in [6.45, 7) is 2.02. The predicted molar refractivity (Wildman–Crippen MR) is 114 cm³/mol. The molecule has 162 valence electrons. The zero-order chi connectivity index (χ0) is 22.1. The molecule has 32 heavy (non-hydrogen) atoms. The van der Waals surface area contributed by atoms with Crippen LogP contribution in [-0.2, 0) is 0 Å². The monoisotopic (exact) mass is 433 g/mol. The van der Waals surface area contributed by atoms with Gasteiger partial charge >= 0.3 is 5.63 Å². The van der Waals surface area contributed by atoms with Crippen LogP contribution in [0.4, 0.5) is 5.82 Å². The number of hydrogen-bond donors (Lipinski definition) is 0. The van der Waals surface area contributed by atoms with E-state index in [9.17, 15) is 9.59 Å². The number of hydrogen-bond acceptors (Lipinski definition) is 9. The van der Waals surface area contributed by atoms with Crippen molar-refractivity contribution in [2.45, 2.75) is 0 Å². The zero-order valence-corrected chi connectivity index (χ0v) is 17.2. The Morgan fingerprint density at radius 2 is 1.84 bits per heavy atom. The summed E-state index contributed by atoms with van der Waals surface area (Å²) in [4.78, 5) is 33.1. The molecule has 1 fully saturated rings. The van der Waals surface area contributed by atoms with Gasteiger partial charge in [-0.05, 0) is 24.3 Å². The van der Waals surface area contributed by atoms with E-state index in [1.54, 1.807) is 35.5 Å². The van der Waals surface area contributed by atoms with Crippen LogP contribution in [0.2, 0.25) is 0 Å². The summed E-state index contributed by atoms with van der Waals surface area (Å²) in [5, 5.41) is 13.1. The highest BCUT2D eigenvalue weighted by molar-refractivity contribution is 5.97. The highest BCUT2D eigenvalue weighted by atomic mass is 16.5. The number of methoxy groups -OCH3 is 1. The summed E-state index contributed by atoms with van der Waals surface area (Å²) in [6.07, 6.45) is 2.98. The van der Waals surface area contributed by atoms with E-state index in [4.69, 9.17) is 9.15 Å². The molecule has 4 heterocycles. The normalized spacial score (nSPS) is 14.0. The number of anilines is 1. The van der Waals surface area contributed by atoms with Crippen molar-refractivity contribution in [1.82, 2.24) is 29.9 Å². The Bertz CT molecular complexity index is 1310. The minimum atomic E-state index is -0.677. The van der Waals surface area contributed by atoms with Crippen LogP contribution >= 0.6 is 0 Å². The maximum absolute atomic E-state index is 13.0. The quantitative estimate of drug-likeness (QED) is 0.436. The summed E-state index contributed by atoms with van der Waals surface area (Å²) < 4.78 is 12.1. The largest absolute Gasteiger partial charge is 0.493 e. The average molecular weight is 433 g/mol. The van der Waals surface area contributed by atoms with Gasteiger partial charge in [-0.25, -0.2) is 14.5 Å². The highest BCUT2D eigenvalue weighted by Gasteiger charge is 2.26. The molecule has 5 rings (SSSR count). The number of carbonyl (C=O) groups is 1. The average Bonchev–Trinajstić information content (AvgIpc) is 3.38. The van der Waals surface area contributed by atoms with Crippen molar-refractivity contribution < 1.29 is 13.9 Å². The first-order chi connectivity index (χ1) is 15.6. The first-order valence-corrected chi connectivity index (χ1v) is 9.98. The number of ether oxygens (including phenoxy) is 1. The van der Waals surface area contributed by atoms with Crippen LogP contribution in [0.15, 0.2) is 58.3 Å². The molecule has 1 aromatic carbocycles. The molecule has 0 saturated carbocycles. The van der Waals surface area contributed by atoms with Gasteiger partial charge in [0.15, 0.2) is 23.0 Å². The number of aromatic nitrogens is 5. The SMILES string of the molecule is COc1cccc2cc(C(=O)N3CCN(c4ccc(-n5cncn5)nn4)CC3)c(=O)oc12. The molecule has 0 N–H and O–H groups in total. The van der Waals surface area contributed by atoms with Gasteiger partial charge < -0.3 is 19.0 Å². The second-order valence-corrected chi connectivity index (χ2v) is 7.20. The second kappa shape index (κ2) is 8.10. The number of rotatable bonds is 4. The lowest BCUT2D eigenvalue weighted by atomic mass is 10.1. The summed E-state index contributed by atoms with van der Waals surface area (Å²) in [5.41, 5.74) is -0.338. The van der Waals surface area contributed by atoms with Crippen LogP contribution < -0.4 is 15.3 Å². The molecule has 1 saturated heterocycles. The molecule has 11 heteroatoms. The Morgan fingerprint density at radius 3 is 2.53 bits per heavy atom. The molecule has 11 nitrogen and oxygen atoms in total. The van der Waals surface area contributed by atoms with Crippen molar-refractivity contribution in [2.75, 3.05) is 38.2 Å². The molecule has 1 aliphatic heterocycles. The van der Waals surface area contributed by atoms with E-state index in [-0.39, 0.29) is 11.5 Å². The molecule has 0 atom stereocenters. The van der Waals surface area contributed by atoms with Gasteiger partial charge in [0.1, 0.15) is 18.2 Å². The molecule has 0 bridgehead atoms. The first kappa shape index (κ1) is 19.7. The summed E-state index contributed by atoms with van der Waals surface area (Å²) in [5.74, 6) is 1.37. The molecule has 1 aliphatic rings. The smallest absolute Gasteiger partial charge is 0.349 e. The lowest BCUT2D eigenvalue weighted by Gasteiger charge is -2.35. The number of carbonyl (C=O) groups excluding carboxylic acids is 1. The van der Waals surface area contributed by atoms with Gasteiger partial charge in [0.05, 0.1) is 7.11 Å². The van der Waals surface area contributed by atoms with Crippen molar-refractivity contribution in [3.05, 3.63) is 65.0 Å². The lowest BCUT2D eigenvalue weighted by Crippen LogP contribution is -2.49. The third-order valence-electron chi connectivity index (χ3n) is 5.35. The Balaban J connectivity index is 1.29.